The van der Waals surface area contributed by atoms with Crippen molar-refractivity contribution in [1.82, 2.24) is 4.98 Å². The molecule has 2 aromatic rings. The number of nitrogens with two attached hydrogens (primary N) is 1. The summed E-state index contributed by atoms with van der Waals surface area (Å²) in [4.78, 5) is 8.89. The van der Waals surface area contributed by atoms with Crippen LogP contribution in [0.1, 0.15) is 19.0 Å². The quantitative estimate of drug-likeness (QED) is 0.849. The largest absolute Gasteiger partial charge is 0.480 e. The van der Waals surface area contributed by atoms with Gasteiger partial charge in [-0.3, -0.25) is 9.98 Å². The predicted octanol–water partition coefficient (Wildman–Crippen LogP) is 2.85. The predicted molar refractivity (Wildman–Crippen MR) is 84.6 cm³/mol. The van der Waals surface area contributed by atoms with Crippen molar-refractivity contribution in [2.75, 3.05) is 11.1 Å². The van der Waals surface area contributed by atoms with Gasteiger partial charge in [0.25, 0.3) is 0 Å². The number of nitrogens with zero attached hydrogens (tertiary/aromatic N) is 2. The molecule has 0 spiro atoms. The van der Waals surface area contributed by atoms with Crippen LogP contribution in [0.3, 0.4) is 0 Å². The lowest BCUT2D eigenvalue weighted by Gasteiger charge is -2.28. The Morgan fingerprint density at radius 2 is 2.24 bits per heavy atom. The average Bonchev–Trinajstić information content (AvgIpc) is 2.53. The molecule has 5 nitrogen and oxygen atoms in total. The van der Waals surface area contributed by atoms with E-state index in [4.69, 9.17) is 10.5 Å². The van der Waals surface area contributed by atoms with E-state index in [0.29, 0.717) is 12.2 Å². The number of aliphatic imine (C=N–C) groups is 1. The fourth-order valence-corrected chi connectivity index (χ4v) is 2.25. The van der Waals surface area contributed by atoms with Crippen LogP contribution in [0.2, 0.25) is 0 Å². The summed E-state index contributed by atoms with van der Waals surface area (Å²) >= 11 is 0. The standard InChI is InChI=1S/C16H18N4O/c1-2-14-16(19-10-12-5-3-4-8-18-12)20-13-9-11(17)6-7-15(13)21-14/h3-9,14H,2,10,17H2,1H3,(H,19,20). The van der Waals surface area contributed by atoms with Gasteiger partial charge in [-0.15, -0.1) is 0 Å². The zero-order valence-corrected chi connectivity index (χ0v) is 11.9. The molecule has 0 saturated carbocycles. The molecule has 1 aliphatic rings. The molecule has 3 rings (SSSR count). The van der Waals surface area contributed by atoms with Gasteiger partial charge in [0, 0.05) is 11.9 Å². The van der Waals surface area contributed by atoms with Crippen LogP contribution in [0.25, 0.3) is 0 Å². The maximum absolute atomic E-state index is 5.97. The van der Waals surface area contributed by atoms with E-state index in [9.17, 15) is 0 Å². The van der Waals surface area contributed by atoms with Gasteiger partial charge >= 0.3 is 0 Å². The summed E-state index contributed by atoms with van der Waals surface area (Å²) in [7, 11) is 0. The van der Waals surface area contributed by atoms with Gasteiger partial charge in [0.2, 0.25) is 0 Å². The molecular weight excluding hydrogens is 264 g/mol. The van der Waals surface area contributed by atoms with Gasteiger partial charge in [-0.2, -0.15) is 0 Å². The van der Waals surface area contributed by atoms with Gasteiger partial charge < -0.3 is 15.8 Å². The molecule has 1 aliphatic heterocycles. The van der Waals surface area contributed by atoms with Crippen molar-refractivity contribution in [3.05, 3.63) is 48.3 Å². The second-order valence-corrected chi connectivity index (χ2v) is 4.92. The summed E-state index contributed by atoms with van der Waals surface area (Å²) in [6.45, 7) is 2.60. The minimum atomic E-state index is -0.0650. The van der Waals surface area contributed by atoms with Gasteiger partial charge in [0.15, 0.2) is 6.10 Å². The third kappa shape index (κ3) is 2.97. The van der Waals surface area contributed by atoms with Gasteiger partial charge in [-0.25, -0.2) is 0 Å². The Morgan fingerprint density at radius 3 is 3.00 bits per heavy atom. The molecule has 21 heavy (non-hydrogen) atoms. The van der Waals surface area contributed by atoms with Gasteiger partial charge in [-0.05, 0) is 36.8 Å². The first-order valence-electron chi connectivity index (χ1n) is 7.03. The van der Waals surface area contributed by atoms with Crippen LogP contribution in [0.15, 0.2) is 47.6 Å². The Labute approximate surface area is 123 Å². The van der Waals surface area contributed by atoms with Gasteiger partial charge in [0.05, 0.1) is 17.9 Å². The average molecular weight is 282 g/mol. The third-order valence-corrected chi connectivity index (χ3v) is 3.35. The number of pyridine rings is 1. The Morgan fingerprint density at radius 1 is 1.33 bits per heavy atom. The van der Waals surface area contributed by atoms with Crippen molar-refractivity contribution >= 4 is 17.2 Å². The van der Waals surface area contributed by atoms with E-state index >= 15 is 0 Å². The number of fused-ring (bicyclic) bond motifs is 1. The normalized spacial score (nSPS) is 18.7. The molecule has 0 amide bonds. The molecule has 2 heterocycles. The second kappa shape index (κ2) is 5.83. The zero-order valence-electron chi connectivity index (χ0n) is 11.9. The lowest BCUT2D eigenvalue weighted by Crippen LogP contribution is -2.36. The Balaban J connectivity index is 1.84. The fraction of sp³-hybridized carbons (Fsp3) is 0.250. The molecule has 1 aromatic carbocycles. The summed E-state index contributed by atoms with van der Waals surface area (Å²) in [6.07, 6.45) is 2.55. The number of hydrogen-bond acceptors (Lipinski definition) is 4. The molecule has 0 radical (unpaired) electrons. The maximum Gasteiger partial charge on any atom is 0.155 e. The lowest BCUT2D eigenvalue weighted by atomic mass is 10.1. The van der Waals surface area contributed by atoms with Crippen molar-refractivity contribution in [2.45, 2.75) is 26.0 Å². The van der Waals surface area contributed by atoms with Crippen molar-refractivity contribution in [3.63, 3.8) is 0 Å². The van der Waals surface area contributed by atoms with Crippen molar-refractivity contribution < 1.29 is 4.74 Å². The number of rotatable bonds is 3. The van der Waals surface area contributed by atoms with Gasteiger partial charge in [0.1, 0.15) is 11.6 Å². The van der Waals surface area contributed by atoms with Crippen molar-refractivity contribution in [1.29, 1.82) is 0 Å². The molecule has 3 N–H and O–H groups in total. The highest BCUT2D eigenvalue weighted by molar-refractivity contribution is 6.02. The zero-order chi connectivity index (χ0) is 14.7. The van der Waals surface area contributed by atoms with Crippen LogP contribution < -0.4 is 15.8 Å². The number of nitrogens with one attached hydrogen (secondary N) is 1. The van der Waals surface area contributed by atoms with E-state index in [1.807, 2.05) is 36.4 Å². The Bertz CT molecular complexity index is 655. The van der Waals surface area contributed by atoms with E-state index in [2.05, 4.69) is 22.2 Å². The van der Waals surface area contributed by atoms with E-state index in [0.717, 1.165) is 29.4 Å². The molecule has 0 bridgehead atoms. The number of ether oxygens (including phenoxy) is 1. The molecule has 5 heteroatoms. The van der Waals surface area contributed by atoms with Crippen molar-refractivity contribution in [2.24, 2.45) is 4.99 Å². The van der Waals surface area contributed by atoms with Crippen LogP contribution in [-0.2, 0) is 6.54 Å². The summed E-state index contributed by atoms with van der Waals surface area (Å²) < 4.78 is 5.97. The summed E-state index contributed by atoms with van der Waals surface area (Å²) in [5.41, 5.74) is 8.30. The summed E-state index contributed by atoms with van der Waals surface area (Å²) in [5, 5.41) is 3.33. The van der Waals surface area contributed by atoms with E-state index < -0.39 is 0 Å². The molecule has 1 unspecified atom stereocenters. The number of amidine groups is 1. The molecule has 1 aromatic heterocycles. The Kier molecular flexibility index (Phi) is 3.73. The van der Waals surface area contributed by atoms with Crippen molar-refractivity contribution in [3.8, 4) is 5.75 Å². The molecule has 1 atom stereocenters. The number of nitrogen functional groups attached to an aromatic ring is 1. The smallest absolute Gasteiger partial charge is 0.155 e. The minimum Gasteiger partial charge on any atom is -0.480 e. The monoisotopic (exact) mass is 282 g/mol. The van der Waals surface area contributed by atoms with Crippen LogP contribution in [0.4, 0.5) is 11.4 Å². The van der Waals surface area contributed by atoms with E-state index in [1.54, 1.807) is 6.20 Å². The maximum atomic E-state index is 5.97. The number of hydrogen-bond donors (Lipinski definition) is 2. The number of anilines is 2. The highest BCUT2D eigenvalue weighted by Crippen LogP contribution is 2.32. The highest BCUT2D eigenvalue weighted by atomic mass is 16.5. The summed E-state index contributed by atoms with van der Waals surface area (Å²) in [6, 6.07) is 11.4. The molecule has 0 fully saturated rings. The highest BCUT2D eigenvalue weighted by Gasteiger charge is 2.24. The molecule has 0 saturated heterocycles. The first-order chi connectivity index (χ1) is 10.3. The topological polar surface area (TPSA) is 72.5 Å². The van der Waals surface area contributed by atoms with E-state index in [1.165, 1.54) is 0 Å². The lowest BCUT2D eigenvalue weighted by molar-refractivity contribution is 0.258. The SMILES string of the molecule is CCC1Oc2ccc(N)cc2NC1=NCc1ccccn1. The second-order valence-electron chi connectivity index (χ2n) is 4.92. The van der Waals surface area contributed by atoms with Gasteiger partial charge in [-0.1, -0.05) is 13.0 Å². The first-order valence-corrected chi connectivity index (χ1v) is 7.03. The molecule has 0 aliphatic carbocycles. The fourth-order valence-electron chi connectivity index (χ4n) is 2.25. The van der Waals surface area contributed by atoms with Crippen LogP contribution in [0, 0.1) is 0 Å². The molecule has 108 valence electrons. The summed E-state index contributed by atoms with van der Waals surface area (Å²) in [5.74, 6) is 1.63. The number of benzene rings is 1. The third-order valence-electron chi connectivity index (χ3n) is 3.35. The number of aromatic nitrogens is 1. The van der Waals surface area contributed by atoms with Crippen LogP contribution in [-0.4, -0.2) is 16.9 Å². The van der Waals surface area contributed by atoms with E-state index in [-0.39, 0.29) is 6.10 Å². The first kappa shape index (κ1) is 13.4. The van der Waals surface area contributed by atoms with Crippen LogP contribution >= 0.6 is 0 Å². The minimum absolute atomic E-state index is 0.0650. The van der Waals surface area contributed by atoms with Crippen LogP contribution in [0.5, 0.6) is 5.75 Å². The molecular formula is C16H18N4O. The Hall–Kier alpha value is -2.56.